The van der Waals surface area contributed by atoms with Crippen LogP contribution in [-0.4, -0.2) is 12.6 Å². The third kappa shape index (κ3) is 5.10. The van der Waals surface area contributed by atoms with E-state index in [1.165, 1.54) is 55.0 Å². The molecule has 3 unspecified atom stereocenters. The molecule has 0 saturated heterocycles. The fourth-order valence-electron chi connectivity index (χ4n) is 3.90. The van der Waals surface area contributed by atoms with Gasteiger partial charge in [0.1, 0.15) is 0 Å². The van der Waals surface area contributed by atoms with Crippen molar-refractivity contribution in [3.05, 3.63) is 34.3 Å². The van der Waals surface area contributed by atoms with Gasteiger partial charge in [0, 0.05) is 10.5 Å². The van der Waals surface area contributed by atoms with Crippen LogP contribution in [0.5, 0.6) is 0 Å². The zero-order valence-corrected chi connectivity index (χ0v) is 15.2. The molecule has 1 nitrogen and oxygen atoms in total. The monoisotopic (exact) mass is 351 g/mol. The molecule has 2 heteroatoms. The molecule has 1 aliphatic rings. The Balaban J connectivity index is 2.09. The standard InChI is InChI=1S/C19H30BrN/c1-3-12-21-19(14-15-8-7-10-17(20)13-15)18-11-6-5-9-16(18)4-2/h7-8,10,13,16,18-19,21H,3-6,9,11-12,14H2,1-2H3. The molecule has 1 aromatic carbocycles. The molecule has 0 aromatic heterocycles. The highest BCUT2D eigenvalue weighted by Crippen LogP contribution is 2.35. The van der Waals surface area contributed by atoms with E-state index < -0.39 is 0 Å². The van der Waals surface area contributed by atoms with Crippen molar-refractivity contribution in [2.24, 2.45) is 11.8 Å². The third-order valence-corrected chi connectivity index (χ3v) is 5.50. The van der Waals surface area contributed by atoms with Gasteiger partial charge in [-0.3, -0.25) is 0 Å². The Kier molecular flexibility index (Phi) is 7.25. The van der Waals surface area contributed by atoms with Crippen molar-refractivity contribution in [3.63, 3.8) is 0 Å². The van der Waals surface area contributed by atoms with Gasteiger partial charge in [0.15, 0.2) is 0 Å². The summed E-state index contributed by atoms with van der Waals surface area (Å²) in [5.41, 5.74) is 1.46. The zero-order valence-electron chi connectivity index (χ0n) is 13.6. The summed E-state index contributed by atoms with van der Waals surface area (Å²) in [6, 6.07) is 9.48. The minimum Gasteiger partial charge on any atom is -0.313 e. The quantitative estimate of drug-likeness (QED) is 0.676. The molecule has 2 rings (SSSR count). The minimum atomic E-state index is 0.643. The Morgan fingerprint density at radius 2 is 2.05 bits per heavy atom. The van der Waals surface area contributed by atoms with Gasteiger partial charge in [0.25, 0.3) is 0 Å². The zero-order chi connectivity index (χ0) is 15.1. The fourth-order valence-corrected chi connectivity index (χ4v) is 4.34. The minimum absolute atomic E-state index is 0.643. The Morgan fingerprint density at radius 1 is 1.24 bits per heavy atom. The average molecular weight is 352 g/mol. The van der Waals surface area contributed by atoms with Gasteiger partial charge in [-0.05, 0) is 55.3 Å². The van der Waals surface area contributed by atoms with E-state index in [0.717, 1.165) is 18.4 Å². The summed E-state index contributed by atoms with van der Waals surface area (Å²) in [6.45, 7) is 5.78. The number of halogens is 1. The largest absolute Gasteiger partial charge is 0.313 e. The number of rotatable bonds is 7. The van der Waals surface area contributed by atoms with Crippen LogP contribution in [-0.2, 0) is 6.42 Å². The number of hydrogen-bond acceptors (Lipinski definition) is 1. The van der Waals surface area contributed by atoms with Crippen molar-refractivity contribution in [3.8, 4) is 0 Å². The van der Waals surface area contributed by atoms with Crippen LogP contribution in [0.3, 0.4) is 0 Å². The third-order valence-electron chi connectivity index (χ3n) is 5.01. The van der Waals surface area contributed by atoms with Crippen molar-refractivity contribution in [1.29, 1.82) is 0 Å². The second kappa shape index (κ2) is 8.95. The highest BCUT2D eigenvalue weighted by Gasteiger charge is 2.30. The predicted octanol–water partition coefficient (Wildman–Crippen LogP) is 5.58. The maximum absolute atomic E-state index is 3.86. The summed E-state index contributed by atoms with van der Waals surface area (Å²) in [5, 5.41) is 3.86. The molecule has 0 aliphatic heterocycles. The Labute approximate surface area is 139 Å². The highest BCUT2D eigenvalue weighted by molar-refractivity contribution is 9.10. The van der Waals surface area contributed by atoms with Gasteiger partial charge in [-0.25, -0.2) is 0 Å². The molecule has 1 saturated carbocycles. The Morgan fingerprint density at radius 3 is 2.76 bits per heavy atom. The molecule has 118 valence electrons. The first kappa shape index (κ1) is 17.0. The van der Waals surface area contributed by atoms with Gasteiger partial charge in [-0.1, -0.05) is 67.6 Å². The number of benzene rings is 1. The van der Waals surface area contributed by atoms with Crippen molar-refractivity contribution in [1.82, 2.24) is 5.32 Å². The topological polar surface area (TPSA) is 12.0 Å². The molecule has 1 N–H and O–H groups in total. The van der Waals surface area contributed by atoms with Gasteiger partial charge in [-0.2, -0.15) is 0 Å². The van der Waals surface area contributed by atoms with Crippen LogP contribution < -0.4 is 5.32 Å². The molecule has 0 heterocycles. The molecule has 3 atom stereocenters. The van der Waals surface area contributed by atoms with Crippen LogP contribution >= 0.6 is 15.9 Å². The smallest absolute Gasteiger partial charge is 0.0178 e. The molecule has 0 amide bonds. The molecule has 21 heavy (non-hydrogen) atoms. The van der Waals surface area contributed by atoms with E-state index in [2.05, 4.69) is 59.4 Å². The van der Waals surface area contributed by atoms with Gasteiger partial charge in [0.2, 0.25) is 0 Å². The maximum Gasteiger partial charge on any atom is 0.0178 e. The molecular weight excluding hydrogens is 322 g/mol. The lowest BCUT2D eigenvalue weighted by molar-refractivity contribution is 0.174. The van der Waals surface area contributed by atoms with Gasteiger partial charge in [-0.15, -0.1) is 0 Å². The normalized spacial score (nSPS) is 24.0. The van der Waals surface area contributed by atoms with Crippen LogP contribution in [0.15, 0.2) is 28.7 Å². The van der Waals surface area contributed by atoms with Gasteiger partial charge >= 0.3 is 0 Å². The summed E-state index contributed by atoms with van der Waals surface area (Å²) in [5.74, 6) is 1.77. The van der Waals surface area contributed by atoms with E-state index in [4.69, 9.17) is 0 Å². The lowest BCUT2D eigenvalue weighted by Crippen LogP contribution is -2.43. The first-order chi connectivity index (χ1) is 10.2. The summed E-state index contributed by atoms with van der Waals surface area (Å²) in [6.07, 6.45) is 9.43. The molecule has 0 radical (unpaired) electrons. The molecule has 1 aromatic rings. The summed E-state index contributed by atoms with van der Waals surface area (Å²) >= 11 is 3.61. The van der Waals surface area contributed by atoms with Crippen molar-refractivity contribution in [2.45, 2.75) is 64.8 Å². The van der Waals surface area contributed by atoms with E-state index in [9.17, 15) is 0 Å². The molecular formula is C19H30BrN. The summed E-state index contributed by atoms with van der Waals surface area (Å²) < 4.78 is 1.20. The number of nitrogens with one attached hydrogen (secondary N) is 1. The van der Waals surface area contributed by atoms with Crippen LogP contribution in [0.25, 0.3) is 0 Å². The average Bonchev–Trinajstić information content (AvgIpc) is 2.51. The SMILES string of the molecule is CCCNC(Cc1cccc(Br)c1)C1CCCCC1CC. The van der Waals surface area contributed by atoms with Crippen LogP contribution in [0.1, 0.15) is 57.9 Å². The molecule has 1 aliphatic carbocycles. The first-order valence-electron chi connectivity index (χ1n) is 8.72. The second-order valence-electron chi connectivity index (χ2n) is 6.51. The number of hydrogen-bond donors (Lipinski definition) is 1. The molecule has 0 bridgehead atoms. The highest BCUT2D eigenvalue weighted by atomic mass is 79.9. The van der Waals surface area contributed by atoms with Crippen molar-refractivity contribution in [2.75, 3.05) is 6.54 Å². The second-order valence-corrected chi connectivity index (χ2v) is 7.43. The lowest BCUT2D eigenvalue weighted by atomic mass is 9.72. The van der Waals surface area contributed by atoms with Crippen LogP contribution in [0.2, 0.25) is 0 Å². The molecule has 1 fully saturated rings. The van der Waals surface area contributed by atoms with Crippen LogP contribution in [0, 0.1) is 11.8 Å². The van der Waals surface area contributed by atoms with E-state index in [-0.39, 0.29) is 0 Å². The van der Waals surface area contributed by atoms with E-state index in [1.807, 2.05) is 0 Å². The van der Waals surface area contributed by atoms with Crippen LogP contribution in [0.4, 0.5) is 0 Å². The molecule has 0 spiro atoms. The first-order valence-corrected chi connectivity index (χ1v) is 9.51. The van der Waals surface area contributed by atoms with E-state index in [1.54, 1.807) is 0 Å². The summed E-state index contributed by atoms with van der Waals surface area (Å²) in [7, 11) is 0. The van der Waals surface area contributed by atoms with Gasteiger partial charge in [0.05, 0.1) is 0 Å². The Bertz CT molecular complexity index is 418. The predicted molar refractivity (Wildman–Crippen MR) is 95.7 cm³/mol. The van der Waals surface area contributed by atoms with Crippen molar-refractivity contribution < 1.29 is 0 Å². The lowest BCUT2D eigenvalue weighted by Gasteiger charge is -2.37. The van der Waals surface area contributed by atoms with E-state index in [0.29, 0.717) is 6.04 Å². The fraction of sp³-hybridized carbons (Fsp3) is 0.684. The van der Waals surface area contributed by atoms with Gasteiger partial charge < -0.3 is 5.32 Å². The summed E-state index contributed by atoms with van der Waals surface area (Å²) in [4.78, 5) is 0. The maximum atomic E-state index is 3.86. The van der Waals surface area contributed by atoms with Crippen molar-refractivity contribution >= 4 is 15.9 Å². The Hall–Kier alpha value is -0.340. The van der Waals surface area contributed by atoms with E-state index >= 15 is 0 Å².